The van der Waals surface area contributed by atoms with Crippen molar-refractivity contribution < 1.29 is 0 Å². The zero-order valence-electron chi connectivity index (χ0n) is 4.99. The van der Waals surface area contributed by atoms with E-state index in [0.717, 1.165) is 0 Å². The molecule has 0 unspecified atom stereocenters. The Morgan fingerprint density at radius 3 is 0.700 bits per heavy atom. The molecule has 0 aliphatic carbocycles. The zero-order chi connectivity index (χ0) is 8.12. The van der Waals surface area contributed by atoms with Crippen LogP contribution in [0, 0.1) is 0 Å². The summed E-state index contributed by atoms with van der Waals surface area (Å²) < 4.78 is 0. The van der Waals surface area contributed by atoms with Crippen molar-refractivity contribution in [2.75, 3.05) is 0 Å². The van der Waals surface area contributed by atoms with Crippen LogP contribution in [0.15, 0.2) is 15.7 Å². The van der Waals surface area contributed by atoms with Crippen LogP contribution in [0.1, 0.15) is 0 Å². The average molecular weight is 247 g/mol. The molecule has 0 radical (unpaired) electrons. The van der Waals surface area contributed by atoms with E-state index in [0.29, 0.717) is 0 Å². The molecule has 0 aliphatic rings. The van der Waals surface area contributed by atoms with Crippen LogP contribution in [0.25, 0.3) is 16.6 Å². The Hall–Kier alpha value is -0.930. The quantitative estimate of drug-likeness (QED) is 0.290. The Labute approximate surface area is 75.9 Å². The second-order valence-corrected chi connectivity index (χ2v) is 0.346. The second-order valence-electron chi connectivity index (χ2n) is 0.346. The molecule has 9 nitrogen and oxygen atoms in total. The first-order chi connectivity index (χ1) is 4.24. The van der Waals surface area contributed by atoms with Gasteiger partial charge in [0, 0.05) is 0 Å². The third-order valence-electron chi connectivity index (χ3n) is 0. The van der Waals surface area contributed by atoms with Crippen molar-refractivity contribution in [3.63, 3.8) is 0 Å². The maximum atomic E-state index is 6.97. The van der Waals surface area contributed by atoms with E-state index >= 15 is 0 Å². The molecule has 10 heavy (non-hydrogen) atoms. The van der Waals surface area contributed by atoms with Crippen LogP contribution >= 0.6 is 0 Å². The predicted octanol–water partition coefficient (Wildman–Crippen LogP) is -0.736. The van der Waals surface area contributed by atoms with Gasteiger partial charge in [0.05, 0.1) is 0 Å². The van der Waals surface area contributed by atoms with Crippen molar-refractivity contribution in [2.24, 2.45) is 33.2 Å². The Morgan fingerprint density at radius 1 is 0.700 bits per heavy atom. The molecular weight excluding hydrogens is 241 g/mol. The van der Waals surface area contributed by atoms with E-state index in [9.17, 15) is 0 Å². The molecular formula is H6InN9. The van der Waals surface area contributed by atoms with E-state index in [4.69, 9.17) is 16.6 Å². The molecule has 0 saturated carbocycles. The van der Waals surface area contributed by atoms with Crippen LogP contribution in [0.2, 0.25) is 0 Å². The third kappa shape index (κ3) is 301. The van der Waals surface area contributed by atoms with Gasteiger partial charge in [-0.05, 0) is 0 Å². The van der Waals surface area contributed by atoms with Gasteiger partial charge in [0.25, 0.3) is 0 Å². The Bertz CT molecular complexity index is 41.5. The standard InChI is InChI=1S/In.3H2N3/c;3*1-3-2/h;3*(H2-,1,2)/q+3;3*-1. The van der Waals surface area contributed by atoms with Gasteiger partial charge in [0.15, 0.2) is 0 Å². The average Bonchev–Trinajstić information content (AvgIpc) is 1.70. The number of hydrogen-bond acceptors (Lipinski definition) is 3. The number of nitrogens with zero attached hydrogens (tertiary/aromatic N) is 6. The van der Waals surface area contributed by atoms with E-state index in [1.54, 1.807) is 0 Å². The minimum absolute atomic E-state index is 0. The minimum Gasteiger partial charge on any atom is -0.427 e. The van der Waals surface area contributed by atoms with E-state index in [2.05, 4.69) is 17.5 Å². The molecule has 0 spiro atoms. The van der Waals surface area contributed by atoms with Crippen molar-refractivity contribution in [3.8, 4) is 0 Å². The van der Waals surface area contributed by atoms with Gasteiger partial charge in [-0.1, -0.05) is 0 Å². The van der Waals surface area contributed by atoms with Crippen molar-refractivity contribution >= 4 is 25.8 Å². The van der Waals surface area contributed by atoms with E-state index < -0.39 is 0 Å². The summed E-state index contributed by atoms with van der Waals surface area (Å²) in [6, 6.07) is 0. The predicted molar refractivity (Wildman–Crippen MR) is 35.7 cm³/mol. The molecule has 0 heterocycles. The fourth-order valence-electron chi connectivity index (χ4n) is 0. The summed E-state index contributed by atoms with van der Waals surface area (Å²) in [5.74, 6) is 12.1. The smallest absolute Gasteiger partial charge is 0.427 e. The molecule has 0 rings (SSSR count). The summed E-state index contributed by atoms with van der Waals surface area (Å²) in [4.78, 5) is 0. The van der Waals surface area contributed by atoms with E-state index in [1.807, 2.05) is 15.7 Å². The summed E-state index contributed by atoms with van der Waals surface area (Å²) in [6.45, 7) is 0. The first-order valence-electron chi connectivity index (χ1n) is 1.37. The summed E-state index contributed by atoms with van der Waals surface area (Å²) in [5, 5.41) is 6.00. The van der Waals surface area contributed by atoms with Crippen molar-refractivity contribution in [1.82, 2.24) is 0 Å². The number of hydrogen-bond donors (Lipinski definition) is 3. The third-order valence-corrected chi connectivity index (χ3v) is 0. The van der Waals surface area contributed by atoms with Crippen LogP contribution < -0.4 is 17.5 Å². The fraction of sp³-hybridized carbons (Fsp3) is 0. The molecule has 10 heteroatoms. The minimum atomic E-state index is 0. The van der Waals surface area contributed by atoms with Gasteiger partial charge in [0.2, 0.25) is 0 Å². The molecule has 6 N–H and O–H groups in total. The first-order valence-corrected chi connectivity index (χ1v) is 1.37. The Kier molecular flexibility index (Phi) is 216. The van der Waals surface area contributed by atoms with Crippen molar-refractivity contribution in [2.45, 2.75) is 0 Å². The van der Waals surface area contributed by atoms with Gasteiger partial charge >= 0.3 is 25.8 Å². The van der Waals surface area contributed by atoms with E-state index in [1.165, 1.54) is 0 Å². The van der Waals surface area contributed by atoms with Crippen LogP contribution in [0.5, 0.6) is 0 Å². The zero-order valence-corrected chi connectivity index (χ0v) is 8.29. The summed E-state index contributed by atoms with van der Waals surface area (Å²) in [6.07, 6.45) is 0. The molecule has 0 atom stereocenters. The molecule has 0 bridgehead atoms. The Morgan fingerprint density at radius 2 is 0.700 bits per heavy atom. The fourth-order valence-corrected chi connectivity index (χ4v) is 0. The van der Waals surface area contributed by atoms with Gasteiger partial charge in [-0.15, -0.1) is 0 Å². The maximum absolute atomic E-state index is 6.97. The van der Waals surface area contributed by atoms with Gasteiger partial charge in [-0.25, -0.2) is 0 Å². The molecule has 0 saturated heterocycles. The van der Waals surface area contributed by atoms with Crippen LogP contribution in [0.3, 0.4) is 0 Å². The van der Waals surface area contributed by atoms with Crippen molar-refractivity contribution in [1.29, 1.82) is 0 Å². The monoisotopic (exact) mass is 247 g/mol. The molecule has 0 aliphatic heterocycles. The normalized spacial score (nSPS) is 3.60. The molecule has 0 aromatic heterocycles. The summed E-state index contributed by atoms with van der Waals surface area (Å²) >= 11 is 0. The van der Waals surface area contributed by atoms with Crippen LogP contribution in [-0.4, -0.2) is 25.8 Å². The largest absolute Gasteiger partial charge is 3.00 e. The van der Waals surface area contributed by atoms with Gasteiger partial charge < -0.3 is 34.1 Å². The van der Waals surface area contributed by atoms with Gasteiger partial charge in [-0.3, -0.25) is 15.7 Å². The Balaban J connectivity index is -0.0000000257. The van der Waals surface area contributed by atoms with Gasteiger partial charge in [-0.2, -0.15) is 0 Å². The molecule has 0 fully saturated rings. The van der Waals surface area contributed by atoms with Gasteiger partial charge in [0.1, 0.15) is 0 Å². The van der Waals surface area contributed by atoms with Crippen LogP contribution in [0.4, 0.5) is 0 Å². The first kappa shape index (κ1) is 23.0. The second kappa shape index (κ2) is 94.1. The molecule has 0 aromatic rings. The summed E-state index contributed by atoms with van der Waals surface area (Å²) in [7, 11) is 0. The summed E-state index contributed by atoms with van der Waals surface area (Å²) in [5.41, 5.74) is 20.9. The number of nitrogens with two attached hydrogens (primary N) is 3. The topological polar surface area (TPSA) is 182 Å². The molecule has 54 valence electrons. The van der Waals surface area contributed by atoms with Crippen LogP contribution in [-0.2, 0) is 0 Å². The molecule has 0 amide bonds. The maximum Gasteiger partial charge on any atom is 3.00 e. The van der Waals surface area contributed by atoms with E-state index in [-0.39, 0.29) is 25.8 Å². The number of rotatable bonds is 0. The van der Waals surface area contributed by atoms with Crippen molar-refractivity contribution in [3.05, 3.63) is 16.6 Å². The molecule has 0 aromatic carbocycles. The SMILES string of the molecule is [In+3].[N-]=NN.[N-]=NN.[N-]=NN.